The SMILES string of the molecule is COC(=O)N[C@H](C(=O)N1CCC[C@H]1c1ncc(-c2cc(F)c3c(c2)OC(c2cnc(C(C)C)s2)n2c-3cc3cc(-c4cnc([C@@H]5C[C@H]6C[C@H]6N5C(=O)[C@@H](NC(=O)OC)C(C)C)[nH]4)ccc32)[nH]1)C(C)C. The van der Waals surface area contributed by atoms with E-state index in [9.17, 15) is 19.2 Å². The zero-order valence-corrected chi connectivity index (χ0v) is 40.6. The van der Waals surface area contributed by atoms with E-state index in [4.69, 9.17) is 29.2 Å². The van der Waals surface area contributed by atoms with Crippen LogP contribution in [-0.4, -0.2) is 102 Å². The zero-order valence-electron chi connectivity index (χ0n) is 39.8. The molecule has 1 unspecified atom stereocenters. The number of piperidine rings is 1. The van der Waals surface area contributed by atoms with E-state index in [2.05, 4.69) is 40.5 Å². The number of likely N-dealkylation sites (tertiary alicyclic amines) is 2. The van der Waals surface area contributed by atoms with Crippen molar-refractivity contribution in [1.29, 1.82) is 0 Å². The molecule has 1 saturated carbocycles. The summed E-state index contributed by atoms with van der Waals surface area (Å²) in [4.78, 5) is 77.8. The minimum absolute atomic E-state index is 0.101. The molecule has 0 radical (unpaired) electrons. The topological polar surface area (TPSA) is 202 Å². The molecule has 19 heteroatoms. The molecule has 3 fully saturated rings. The Bertz CT molecular complexity index is 2970. The predicted molar refractivity (Wildman–Crippen MR) is 256 cm³/mol. The van der Waals surface area contributed by atoms with Gasteiger partial charge in [-0.15, -0.1) is 11.3 Å². The molecule has 0 spiro atoms. The molecule has 4 amide bonds. The van der Waals surface area contributed by atoms with Crippen LogP contribution in [0.4, 0.5) is 14.0 Å². The van der Waals surface area contributed by atoms with Gasteiger partial charge in [-0.05, 0) is 73.8 Å². The van der Waals surface area contributed by atoms with Crippen LogP contribution in [0.3, 0.4) is 0 Å². The number of halogens is 1. The maximum atomic E-state index is 16.9. The lowest BCUT2D eigenvalue weighted by atomic mass is 10.0. The predicted octanol–water partition coefficient (Wildman–Crippen LogP) is 8.83. The zero-order chi connectivity index (χ0) is 48.6. The Morgan fingerprint density at radius 1 is 0.812 bits per heavy atom. The van der Waals surface area contributed by atoms with E-state index in [1.165, 1.54) is 20.3 Å². The molecule has 6 aromatic rings. The average Bonchev–Trinajstić information content (AvgIpc) is 4.09. The summed E-state index contributed by atoms with van der Waals surface area (Å²) in [7, 11) is 2.55. The fourth-order valence-electron chi connectivity index (χ4n) is 10.3. The second kappa shape index (κ2) is 18.0. The molecule has 4 N–H and O–H groups in total. The Morgan fingerprint density at radius 2 is 1.48 bits per heavy atom. The number of H-pyrrole nitrogens is 2. The van der Waals surface area contributed by atoms with Crippen LogP contribution in [0.15, 0.2) is 55.0 Å². The van der Waals surface area contributed by atoms with E-state index in [1.54, 1.807) is 28.6 Å². The van der Waals surface area contributed by atoms with Crippen molar-refractivity contribution < 1.29 is 37.8 Å². The maximum absolute atomic E-state index is 16.9. The van der Waals surface area contributed by atoms with Crippen LogP contribution < -0.4 is 15.4 Å². The van der Waals surface area contributed by atoms with E-state index in [-0.39, 0.29) is 47.7 Å². The average molecular weight is 961 g/mol. The highest BCUT2D eigenvalue weighted by Crippen LogP contribution is 2.54. The van der Waals surface area contributed by atoms with Gasteiger partial charge in [-0.2, -0.15) is 0 Å². The number of imidazole rings is 2. The van der Waals surface area contributed by atoms with Gasteiger partial charge in [0.1, 0.15) is 35.3 Å². The number of aromatic nitrogens is 6. The number of hydrogen-bond donors (Lipinski definition) is 4. The highest BCUT2D eigenvalue weighted by atomic mass is 32.1. The van der Waals surface area contributed by atoms with Gasteiger partial charge in [0.2, 0.25) is 18.0 Å². The Labute approximate surface area is 402 Å². The first kappa shape index (κ1) is 46.0. The smallest absolute Gasteiger partial charge is 0.407 e. The molecule has 362 valence electrons. The summed E-state index contributed by atoms with van der Waals surface area (Å²) >= 11 is 1.56. The molecule has 7 heterocycles. The maximum Gasteiger partial charge on any atom is 0.407 e. The lowest BCUT2D eigenvalue weighted by Gasteiger charge is -2.31. The van der Waals surface area contributed by atoms with Gasteiger partial charge >= 0.3 is 12.2 Å². The van der Waals surface area contributed by atoms with Gasteiger partial charge in [0, 0.05) is 41.2 Å². The minimum atomic E-state index is -0.775. The van der Waals surface area contributed by atoms with Crippen molar-refractivity contribution in [3.63, 3.8) is 0 Å². The van der Waals surface area contributed by atoms with Crippen LogP contribution in [-0.2, 0) is 19.1 Å². The normalized spacial score (nSPS) is 21.2. The Kier molecular flexibility index (Phi) is 12.0. The summed E-state index contributed by atoms with van der Waals surface area (Å²) in [6.45, 7) is 12.2. The monoisotopic (exact) mass is 960 g/mol. The molecule has 3 aliphatic heterocycles. The molecule has 4 aromatic heterocycles. The fourth-order valence-corrected chi connectivity index (χ4v) is 11.3. The van der Waals surface area contributed by atoms with Crippen LogP contribution in [0.25, 0.3) is 44.7 Å². The Balaban J connectivity index is 0.968. The number of aromatic amines is 2. The molecule has 17 nitrogen and oxygen atoms in total. The van der Waals surface area contributed by atoms with Crippen LogP contribution in [0.2, 0.25) is 0 Å². The Morgan fingerprint density at radius 3 is 2.13 bits per heavy atom. The number of rotatable bonds is 12. The van der Waals surface area contributed by atoms with Crippen molar-refractivity contribution in [2.45, 2.75) is 110 Å². The molecular formula is C50H57FN10O7S. The first-order valence-corrected chi connectivity index (χ1v) is 24.5. The summed E-state index contributed by atoms with van der Waals surface area (Å²) in [5.41, 5.74) is 4.53. The van der Waals surface area contributed by atoms with Gasteiger partial charge in [-0.1, -0.05) is 47.6 Å². The molecule has 7 atom stereocenters. The molecule has 2 saturated heterocycles. The van der Waals surface area contributed by atoms with Crippen molar-refractivity contribution >= 4 is 46.2 Å². The summed E-state index contributed by atoms with van der Waals surface area (Å²) in [5.74, 6) is 1.01. The minimum Gasteiger partial charge on any atom is -0.464 e. The number of thiazole rings is 1. The van der Waals surface area contributed by atoms with Gasteiger partial charge in [-0.3, -0.25) is 14.2 Å². The van der Waals surface area contributed by atoms with Crippen molar-refractivity contribution in [2.75, 3.05) is 20.8 Å². The first-order chi connectivity index (χ1) is 33.1. The molecule has 1 aliphatic carbocycles. The standard InChI is InChI=1S/C50H57FN10O7S/c1-23(2)41(57-49(64)66-7)46(62)59-13-9-10-34(59)43-52-21-32(56-43)27-15-30(51)40-36-17-28-14-26(11-12-33(28)61(36)48(68-38(40)19-27)39-22-54-45(69-39)25(5)6)31-20-53-44(55-31)37-18-29-16-35(29)60(37)47(63)42(24(3)4)58-50(65)67-8/h11-12,14-15,17,19-25,29,34-35,37,41-42,48H,9-10,13,16,18H2,1-8H3,(H,52,56)(H,53,55)(H,57,64)(H,58,65)/t29-,34+,35-,37+,41+,42+,48?/m1/s1. The molecule has 69 heavy (non-hydrogen) atoms. The number of benzene rings is 2. The fraction of sp³-hybridized carbons (Fsp3) is 0.460. The van der Waals surface area contributed by atoms with Crippen LogP contribution in [0.5, 0.6) is 5.75 Å². The highest BCUT2D eigenvalue weighted by Gasteiger charge is 2.56. The van der Waals surface area contributed by atoms with Crippen molar-refractivity contribution in [3.8, 4) is 39.5 Å². The third-order valence-electron chi connectivity index (χ3n) is 14.0. The highest BCUT2D eigenvalue weighted by molar-refractivity contribution is 7.11. The largest absolute Gasteiger partial charge is 0.464 e. The summed E-state index contributed by atoms with van der Waals surface area (Å²) in [6, 6.07) is 9.32. The first-order valence-electron chi connectivity index (χ1n) is 23.7. The van der Waals surface area contributed by atoms with Crippen molar-refractivity contribution in [2.24, 2.45) is 17.8 Å². The molecule has 4 aliphatic rings. The third kappa shape index (κ3) is 8.27. The van der Waals surface area contributed by atoms with E-state index in [0.717, 1.165) is 51.3 Å². The number of hydrogen-bond acceptors (Lipinski definition) is 11. The number of alkyl carbamates (subject to hydrolysis) is 2. The molecule has 0 bridgehead atoms. The van der Waals surface area contributed by atoms with Gasteiger partial charge in [0.05, 0.1) is 76.7 Å². The van der Waals surface area contributed by atoms with Crippen molar-refractivity contribution in [3.05, 3.63) is 82.3 Å². The van der Waals surface area contributed by atoms with Gasteiger partial charge in [0.25, 0.3) is 0 Å². The van der Waals surface area contributed by atoms with Crippen LogP contribution in [0, 0.1) is 23.6 Å². The van der Waals surface area contributed by atoms with E-state index >= 15 is 4.39 Å². The molecule has 2 aromatic carbocycles. The number of ether oxygens (including phenoxy) is 3. The number of carbonyl (C=O) groups is 4. The number of methoxy groups -OCH3 is 2. The van der Waals surface area contributed by atoms with Crippen molar-refractivity contribution in [1.82, 2.24) is 49.9 Å². The molecular weight excluding hydrogens is 904 g/mol. The second-order valence-corrected chi connectivity index (χ2v) is 20.7. The summed E-state index contributed by atoms with van der Waals surface area (Å²) in [5, 5.41) is 7.25. The number of carbonyl (C=O) groups excluding carboxylic acids is 4. The lowest BCUT2D eigenvalue weighted by Crippen LogP contribution is -2.52. The van der Waals surface area contributed by atoms with Gasteiger partial charge in [0.15, 0.2) is 0 Å². The second-order valence-electron chi connectivity index (χ2n) is 19.6. The van der Waals surface area contributed by atoms with E-state index in [1.807, 2.05) is 67.6 Å². The number of nitrogens with zero attached hydrogens (tertiary/aromatic N) is 6. The third-order valence-corrected chi connectivity index (χ3v) is 15.4. The van der Waals surface area contributed by atoms with E-state index < -0.39 is 36.3 Å². The lowest BCUT2D eigenvalue weighted by molar-refractivity contribution is -0.137. The summed E-state index contributed by atoms with van der Waals surface area (Å²) < 4.78 is 35.4. The quantitative estimate of drug-likeness (QED) is 0.0918. The van der Waals surface area contributed by atoms with Gasteiger partial charge in [-0.25, -0.2) is 28.9 Å². The summed E-state index contributed by atoms with van der Waals surface area (Å²) in [6.07, 6.45) is 6.43. The van der Waals surface area contributed by atoms with Crippen LogP contribution in [0.1, 0.15) is 113 Å². The van der Waals surface area contributed by atoms with E-state index in [0.29, 0.717) is 58.8 Å². The van der Waals surface area contributed by atoms with Gasteiger partial charge < -0.3 is 44.6 Å². The number of amides is 4. The Hall–Kier alpha value is -6.76. The number of fused-ring (bicyclic) bond motifs is 6. The van der Waals surface area contributed by atoms with Crippen LogP contribution >= 0.6 is 11.3 Å². The molecule has 10 rings (SSSR count). The number of nitrogens with one attached hydrogen (secondary N) is 4.